The van der Waals surface area contributed by atoms with Gasteiger partial charge in [-0.05, 0) is 25.7 Å². The highest BCUT2D eigenvalue weighted by molar-refractivity contribution is 5.79. The summed E-state index contributed by atoms with van der Waals surface area (Å²) in [7, 11) is 0. The fourth-order valence-electron chi connectivity index (χ4n) is 2.53. The Kier molecular flexibility index (Phi) is 3.75. The van der Waals surface area contributed by atoms with Gasteiger partial charge in [-0.2, -0.15) is 0 Å². The van der Waals surface area contributed by atoms with Crippen LogP contribution in [0.5, 0.6) is 0 Å². The first kappa shape index (κ1) is 13.1. The molecule has 1 saturated heterocycles. The van der Waals surface area contributed by atoms with Crippen molar-refractivity contribution in [3.05, 3.63) is 0 Å². The average Bonchev–Trinajstić information content (AvgIpc) is 2.27. The number of carboxylic acid groups (broad SMARTS) is 1. The van der Waals surface area contributed by atoms with Crippen LogP contribution in [0.1, 0.15) is 32.1 Å². The minimum absolute atomic E-state index is 0.158. The molecule has 2 amide bonds. The highest BCUT2D eigenvalue weighted by Crippen LogP contribution is 2.40. The van der Waals surface area contributed by atoms with E-state index in [2.05, 4.69) is 5.32 Å². The Morgan fingerprint density at radius 3 is 2.39 bits per heavy atom. The van der Waals surface area contributed by atoms with Crippen LogP contribution in [0.4, 0.5) is 4.79 Å². The van der Waals surface area contributed by atoms with Crippen molar-refractivity contribution in [1.82, 2.24) is 10.2 Å². The van der Waals surface area contributed by atoms with Crippen molar-refractivity contribution in [2.45, 2.75) is 38.1 Å². The van der Waals surface area contributed by atoms with Gasteiger partial charge < -0.3 is 21.1 Å². The number of carbonyl (C=O) groups excluding carboxylic acids is 1. The molecular formula is C12H21N3O3. The number of nitrogens with two attached hydrogens (primary N) is 1. The van der Waals surface area contributed by atoms with Gasteiger partial charge in [0.15, 0.2) is 0 Å². The number of likely N-dealkylation sites (tertiary alicyclic amines) is 1. The summed E-state index contributed by atoms with van der Waals surface area (Å²) in [6.45, 7) is 1.56. The van der Waals surface area contributed by atoms with Gasteiger partial charge in [-0.25, -0.2) is 4.79 Å². The fraction of sp³-hybridized carbons (Fsp3) is 0.833. The van der Waals surface area contributed by atoms with E-state index in [1.54, 1.807) is 4.90 Å². The second-order valence-corrected chi connectivity index (χ2v) is 5.42. The molecule has 0 unspecified atom stereocenters. The van der Waals surface area contributed by atoms with Crippen molar-refractivity contribution >= 4 is 12.0 Å². The van der Waals surface area contributed by atoms with E-state index in [-0.39, 0.29) is 18.6 Å². The molecule has 0 aromatic carbocycles. The van der Waals surface area contributed by atoms with Gasteiger partial charge in [0.2, 0.25) is 0 Å². The Morgan fingerprint density at radius 2 is 1.94 bits per heavy atom. The summed E-state index contributed by atoms with van der Waals surface area (Å²) in [6.07, 6.45) is 3.89. The van der Waals surface area contributed by atoms with Gasteiger partial charge in [-0.15, -0.1) is 0 Å². The van der Waals surface area contributed by atoms with Crippen molar-refractivity contribution in [3.63, 3.8) is 0 Å². The number of urea groups is 1. The molecule has 0 spiro atoms. The van der Waals surface area contributed by atoms with E-state index < -0.39 is 11.4 Å². The average molecular weight is 255 g/mol. The zero-order valence-electron chi connectivity index (χ0n) is 10.5. The lowest BCUT2D eigenvalue weighted by Crippen LogP contribution is -2.52. The molecular weight excluding hydrogens is 234 g/mol. The number of nitrogens with one attached hydrogen (secondary N) is 1. The number of hydrogen-bond acceptors (Lipinski definition) is 3. The molecule has 2 rings (SSSR count). The van der Waals surface area contributed by atoms with E-state index >= 15 is 0 Å². The number of carbonyl (C=O) groups is 2. The molecule has 1 aliphatic carbocycles. The molecule has 102 valence electrons. The third kappa shape index (κ3) is 2.58. The van der Waals surface area contributed by atoms with E-state index in [0.29, 0.717) is 25.9 Å². The van der Waals surface area contributed by atoms with Crippen LogP contribution in [0.3, 0.4) is 0 Å². The molecule has 1 aliphatic heterocycles. The number of piperidine rings is 1. The summed E-state index contributed by atoms with van der Waals surface area (Å²) < 4.78 is 0. The fourth-order valence-corrected chi connectivity index (χ4v) is 2.53. The van der Waals surface area contributed by atoms with E-state index in [1.807, 2.05) is 0 Å². The summed E-state index contributed by atoms with van der Waals surface area (Å²) in [5, 5.41) is 11.9. The minimum atomic E-state index is -0.797. The highest BCUT2D eigenvalue weighted by Gasteiger charge is 2.44. The molecule has 2 aliphatic rings. The number of hydrogen-bond donors (Lipinski definition) is 3. The van der Waals surface area contributed by atoms with Crippen LogP contribution in [0.25, 0.3) is 0 Å². The number of nitrogens with zero attached hydrogens (tertiary/aromatic N) is 1. The first-order valence-electron chi connectivity index (χ1n) is 6.55. The van der Waals surface area contributed by atoms with Crippen molar-refractivity contribution in [2.75, 3.05) is 19.6 Å². The van der Waals surface area contributed by atoms with Crippen LogP contribution in [-0.4, -0.2) is 47.7 Å². The van der Waals surface area contributed by atoms with Crippen LogP contribution in [-0.2, 0) is 4.79 Å². The van der Waals surface area contributed by atoms with E-state index in [0.717, 1.165) is 19.3 Å². The summed E-state index contributed by atoms with van der Waals surface area (Å²) >= 11 is 0. The van der Waals surface area contributed by atoms with Crippen LogP contribution >= 0.6 is 0 Å². The predicted molar refractivity (Wildman–Crippen MR) is 66.1 cm³/mol. The molecule has 0 bridgehead atoms. The van der Waals surface area contributed by atoms with Crippen LogP contribution in [0.15, 0.2) is 0 Å². The van der Waals surface area contributed by atoms with Crippen molar-refractivity contribution in [3.8, 4) is 0 Å². The lowest BCUT2D eigenvalue weighted by Gasteiger charge is -2.38. The van der Waals surface area contributed by atoms with Gasteiger partial charge >= 0.3 is 12.0 Å². The summed E-state index contributed by atoms with van der Waals surface area (Å²) in [5.74, 6) is -0.797. The molecule has 6 heteroatoms. The third-order valence-electron chi connectivity index (χ3n) is 4.17. The molecule has 2 fully saturated rings. The topological polar surface area (TPSA) is 95.7 Å². The zero-order valence-corrected chi connectivity index (χ0v) is 10.5. The monoisotopic (exact) mass is 255 g/mol. The van der Waals surface area contributed by atoms with E-state index in [4.69, 9.17) is 10.8 Å². The molecule has 0 aromatic rings. The summed E-state index contributed by atoms with van der Waals surface area (Å²) in [6, 6.07) is 0.0282. The zero-order chi connectivity index (χ0) is 13.2. The first-order valence-corrected chi connectivity index (χ1v) is 6.55. The quantitative estimate of drug-likeness (QED) is 0.679. The Balaban J connectivity index is 1.79. The number of rotatable bonds is 3. The lowest BCUT2D eigenvalue weighted by atomic mass is 9.69. The van der Waals surface area contributed by atoms with E-state index in [1.165, 1.54) is 0 Å². The minimum Gasteiger partial charge on any atom is -0.481 e. The third-order valence-corrected chi connectivity index (χ3v) is 4.17. The maximum Gasteiger partial charge on any atom is 0.317 e. The lowest BCUT2D eigenvalue weighted by molar-refractivity contribution is -0.153. The largest absolute Gasteiger partial charge is 0.481 e. The van der Waals surface area contributed by atoms with Gasteiger partial charge in [-0.1, -0.05) is 6.42 Å². The smallest absolute Gasteiger partial charge is 0.317 e. The second-order valence-electron chi connectivity index (χ2n) is 5.42. The van der Waals surface area contributed by atoms with Crippen LogP contribution < -0.4 is 11.1 Å². The maximum atomic E-state index is 11.9. The molecule has 1 heterocycles. The predicted octanol–water partition coefficient (Wildman–Crippen LogP) is 0.374. The molecule has 1 saturated carbocycles. The second kappa shape index (κ2) is 5.14. The SMILES string of the molecule is NC1CCN(C(=O)NCC2(C(=O)O)CCC2)CC1. The summed E-state index contributed by atoms with van der Waals surface area (Å²) in [5.41, 5.74) is 5.05. The normalized spacial score (nSPS) is 23.3. The maximum absolute atomic E-state index is 11.9. The molecule has 0 radical (unpaired) electrons. The Labute approximate surface area is 107 Å². The number of carboxylic acids is 1. The Morgan fingerprint density at radius 1 is 1.33 bits per heavy atom. The standard InChI is InChI=1S/C12H21N3O3/c13-9-2-6-15(7-3-9)11(18)14-8-12(10(16)17)4-1-5-12/h9H,1-8,13H2,(H,14,18)(H,16,17). The van der Waals surface area contributed by atoms with Crippen molar-refractivity contribution in [2.24, 2.45) is 11.1 Å². The van der Waals surface area contributed by atoms with Crippen LogP contribution in [0, 0.1) is 5.41 Å². The molecule has 0 atom stereocenters. The van der Waals surface area contributed by atoms with Gasteiger partial charge in [-0.3, -0.25) is 4.79 Å². The van der Waals surface area contributed by atoms with Gasteiger partial charge in [0.05, 0.1) is 5.41 Å². The number of aliphatic carboxylic acids is 1. The molecule has 18 heavy (non-hydrogen) atoms. The van der Waals surface area contributed by atoms with Crippen LogP contribution in [0.2, 0.25) is 0 Å². The van der Waals surface area contributed by atoms with Gasteiger partial charge in [0.25, 0.3) is 0 Å². The van der Waals surface area contributed by atoms with Crippen molar-refractivity contribution < 1.29 is 14.7 Å². The molecule has 6 nitrogen and oxygen atoms in total. The summed E-state index contributed by atoms with van der Waals surface area (Å²) in [4.78, 5) is 24.8. The Bertz CT molecular complexity index is 333. The van der Waals surface area contributed by atoms with E-state index in [9.17, 15) is 9.59 Å². The molecule has 4 N–H and O–H groups in total. The molecule has 0 aromatic heterocycles. The highest BCUT2D eigenvalue weighted by atomic mass is 16.4. The number of amides is 2. The van der Waals surface area contributed by atoms with Crippen molar-refractivity contribution in [1.29, 1.82) is 0 Å². The van der Waals surface area contributed by atoms with Gasteiger partial charge in [0, 0.05) is 25.7 Å². The van der Waals surface area contributed by atoms with Gasteiger partial charge in [0.1, 0.15) is 0 Å². The first-order chi connectivity index (χ1) is 8.53. The Hall–Kier alpha value is -1.30.